The molecule has 90 valence electrons. The number of aliphatic hydroxyl groups is 1. The predicted molar refractivity (Wildman–Crippen MR) is 61.9 cm³/mol. The minimum Gasteiger partial charge on any atom is -0.396 e. The number of hydrogen-bond donors (Lipinski definition) is 2. The maximum absolute atomic E-state index is 9.14. The van der Waals surface area contributed by atoms with Crippen molar-refractivity contribution in [3.05, 3.63) is 0 Å². The fraction of sp³-hybridized carbons (Fsp3) is 1.00. The van der Waals surface area contributed by atoms with Gasteiger partial charge < -0.3 is 15.2 Å². The smallest absolute Gasteiger partial charge is 0.0591 e. The molecule has 2 atom stereocenters. The molecule has 0 aromatic carbocycles. The first kappa shape index (κ1) is 12.9. The third-order valence-corrected chi connectivity index (χ3v) is 3.00. The van der Waals surface area contributed by atoms with E-state index < -0.39 is 0 Å². The molecule has 2 unspecified atom stereocenters. The molecule has 0 heterocycles. The van der Waals surface area contributed by atoms with Crippen LogP contribution in [0.5, 0.6) is 0 Å². The summed E-state index contributed by atoms with van der Waals surface area (Å²) in [6.07, 6.45) is 3.62. The molecule has 1 rings (SSSR count). The van der Waals surface area contributed by atoms with Gasteiger partial charge in [0.05, 0.1) is 6.61 Å². The molecule has 1 saturated carbocycles. The van der Waals surface area contributed by atoms with Crippen LogP contribution in [-0.2, 0) is 4.74 Å². The van der Waals surface area contributed by atoms with Crippen LogP contribution in [0.1, 0.15) is 33.1 Å². The van der Waals surface area contributed by atoms with Gasteiger partial charge >= 0.3 is 0 Å². The van der Waals surface area contributed by atoms with Crippen LogP contribution >= 0.6 is 0 Å². The van der Waals surface area contributed by atoms with Crippen molar-refractivity contribution >= 4 is 0 Å². The molecule has 15 heavy (non-hydrogen) atoms. The Kier molecular flexibility index (Phi) is 6.22. The highest BCUT2D eigenvalue weighted by Gasteiger charge is 2.25. The number of nitrogens with one attached hydrogen (secondary N) is 1. The average Bonchev–Trinajstić information content (AvgIpc) is 2.64. The van der Waals surface area contributed by atoms with Gasteiger partial charge in [-0.05, 0) is 24.7 Å². The third kappa shape index (κ3) is 4.96. The molecule has 0 radical (unpaired) electrons. The fourth-order valence-electron chi connectivity index (χ4n) is 2.16. The molecule has 1 aliphatic rings. The fourth-order valence-corrected chi connectivity index (χ4v) is 2.16. The van der Waals surface area contributed by atoms with E-state index in [-0.39, 0.29) is 0 Å². The van der Waals surface area contributed by atoms with Crippen molar-refractivity contribution in [2.45, 2.75) is 39.2 Å². The van der Waals surface area contributed by atoms with E-state index in [1.807, 2.05) is 0 Å². The monoisotopic (exact) mass is 215 g/mol. The first-order valence-electron chi connectivity index (χ1n) is 6.16. The van der Waals surface area contributed by atoms with Crippen LogP contribution < -0.4 is 5.32 Å². The normalized spacial score (nSPS) is 26.4. The van der Waals surface area contributed by atoms with Crippen LogP contribution in [0.3, 0.4) is 0 Å². The van der Waals surface area contributed by atoms with Crippen molar-refractivity contribution < 1.29 is 9.84 Å². The van der Waals surface area contributed by atoms with Gasteiger partial charge in [0.15, 0.2) is 0 Å². The molecule has 0 aromatic heterocycles. The van der Waals surface area contributed by atoms with Crippen molar-refractivity contribution in [1.82, 2.24) is 5.32 Å². The Bertz CT molecular complexity index is 162. The highest BCUT2D eigenvalue weighted by molar-refractivity contribution is 4.82. The lowest BCUT2D eigenvalue weighted by Crippen LogP contribution is -2.36. The van der Waals surface area contributed by atoms with Crippen molar-refractivity contribution in [3.63, 3.8) is 0 Å². The summed E-state index contributed by atoms with van der Waals surface area (Å²) < 4.78 is 5.50. The molecule has 0 amide bonds. The van der Waals surface area contributed by atoms with Crippen molar-refractivity contribution in [2.24, 2.45) is 11.8 Å². The molecule has 2 N–H and O–H groups in total. The summed E-state index contributed by atoms with van der Waals surface area (Å²) in [5.74, 6) is 1.08. The van der Waals surface area contributed by atoms with Gasteiger partial charge in [0.25, 0.3) is 0 Å². The van der Waals surface area contributed by atoms with Gasteiger partial charge in [0.1, 0.15) is 0 Å². The van der Waals surface area contributed by atoms with Crippen LogP contribution in [0.15, 0.2) is 0 Å². The standard InChI is InChI=1S/C12H25NO2/c1-10(2)9-15-7-6-13-12-5-3-4-11(12)8-14/h10-14H,3-9H2,1-2H3. The molecule has 0 spiro atoms. The third-order valence-electron chi connectivity index (χ3n) is 3.00. The number of ether oxygens (including phenoxy) is 1. The second-order valence-electron chi connectivity index (χ2n) is 4.90. The Morgan fingerprint density at radius 3 is 2.87 bits per heavy atom. The Balaban J connectivity index is 1.99. The SMILES string of the molecule is CC(C)COCCNC1CCCC1CO. The van der Waals surface area contributed by atoms with Crippen LogP contribution in [0.25, 0.3) is 0 Å². The predicted octanol–water partition coefficient (Wildman–Crippen LogP) is 1.41. The van der Waals surface area contributed by atoms with Crippen LogP contribution in [0.4, 0.5) is 0 Å². The summed E-state index contributed by atoms with van der Waals surface area (Å²) >= 11 is 0. The summed E-state index contributed by atoms with van der Waals surface area (Å²) in [6.45, 7) is 7.18. The van der Waals surface area contributed by atoms with E-state index >= 15 is 0 Å². The van der Waals surface area contributed by atoms with E-state index in [0.717, 1.165) is 19.8 Å². The lowest BCUT2D eigenvalue weighted by atomic mass is 10.1. The van der Waals surface area contributed by atoms with Gasteiger partial charge in [-0.15, -0.1) is 0 Å². The highest BCUT2D eigenvalue weighted by Crippen LogP contribution is 2.24. The molecule has 0 aliphatic heterocycles. The molecule has 0 aromatic rings. The van der Waals surface area contributed by atoms with Gasteiger partial charge in [0.2, 0.25) is 0 Å². The average molecular weight is 215 g/mol. The van der Waals surface area contributed by atoms with E-state index in [1.165, 1.54) is 19.3 Å². The second kappa shape index (κ2) is 7.20. The Labute approximate surface area is 93.2 Å². The summed E-state index contributed by atoms with van der Waals surface area (Å²) in [5, 5.41) is 12.6. The molecule has 0 bridgehead atoms. The van der Waals surface area contributed by atoms with E-state index in [2.05, 4.69) is 19.2 Å². The Morgan fingerprint density at radius 2 is 2.20 bits per heavy atom. The topological polar surface area (TPSA) is 41.5 Å². The minimum absolute atomic E-state index is 0.324. The Morgan fingerprint density at radius 1 is 1.40 bits per heavy atom. The summed E-state index contributed by atoms with van der Waals surface area (Å²) in [6, 6.07) is 0.512. The number of rotatable bonds is 7. The van der Waals surface area contributed by atoms with E-state index in [0.29, 0.717) is 24.5 Å². The van der Waals surface area contributed by atoms with E-state index in [9.17, 15) is 0 Å². The number of aliphatic hydroxyl groups excluding tert-OH is 1. The largest absolute Gasteiger partial charge is 0.396 e. The summed E-state index contributed by atoms with van der Waals surface area (Å²) in [5.41, 5.74) is 0. The molecular weight excluding hydrogens is 190 g/mol. The van der Waals surface area contributed by atoms with Crippen LogP contribution in [0.2, 0.25) is 0 Å². The quantitative estimate of drug-likeness (QED) is 0.631. The molecule has 0 saturated heterocycles. The van der Waals surface area contributed by atoms with E-state index in [1.54, 1.807) is 0 Å². The van der Waals surface area contributed by atoms with Gasteiger partial charge in [-0.25, -0.2) is 0 Å². The van der Waals surface area contributed by atoms with Crippen LogP contribution in [0, 0.1) is 11.8 Å². The Hall–Kier alpha value is -0.120. The van der Waals surface area contributed by atoms with Crippen LogP contribution in [-0.4, -0.2) is 37.5 Å². The lowest BCUT2D eigenvalue weighted by molar-refractivity contribution is 0.107. The summed E-state index contributed by atoms with van der Waals surface area (Å²) in [4.78, 5) is 0. The van der Waals surface area contributed by atoms with Crippen molar-refractivity contribution in [1.29, 1.82) is 0 Å². The molecular formula is C12H25NO2. The summed E-state index contributed by atoms with van der Waals surface area (Å²) in [7, 11) is 0. The highest BCUT2D eigenvalue weighted by atomic mass is 16.5. The van der Waals surface area contributed by atoms with Gasteiger partial charge in [-0.2, -0.15) is 0 Å². The molecule has 1 fully saturated rings. The van der Waals surface area contributed by atoms with Crippen molar-refractivity contribution in [3.8, 4) is 0 Å². The zero-order valence-corrected chi connectivity index (χ0v) is 10.0. The minimum atomic E-state index is 0.324. The van der Waals surface area contributed by atoms with Gasteiger partial charge in [0, 0.05) is 25.8 Å². The molecule has 3 nitrogen and oxygen atoms in total. The van der Waals surface area contributed by atoms with Crippen molar-refractivity contribution in [2.75, 3.05) is 26.4 Å². The lowest BCUT2D eigenvalue weighted by Gasteiger charge is -2.19. The maximum atomic E-state index is 9.14. The second-order valence-corrected chi connectivity index (χ2v) is 4.90. The zero-order chi connectivity index (χ0) is 11.1. The van der Waals surface area contributed by atoms with Gasteiger partial charge in [-0.3, -0.25) is 0 Å². The first-order valence-corrected chi connectivity index (χ1v) is 6.16. The van der Waals surface area contributed by atoms with E-state index in [4.69, 9.17) is 9.84 Å². The molecule has 1 aliphatic carbocycles. The first-order chi connectivity index (χ1) is 7.24. The molecule has 3 heteroatoms. The zero-order valence-electron chi connectivity index (χ0n) is 10.0. The number of hydrogen-bond acceptors (Lipinski definition) is 3. The van der Waals surface area contributed by atoms with Gasteiger partial charge in [-0.1, -0.05) is 20.3 Å². The maximum Gasteiger partial charge on any atom is 0.0591 e.